The van der Waals surface area contributed by atoms with E-state index in [1.807, 2.05) is 0 Å². The predicted octanol–water partition coefficient (Wildman–Crippen LogP) is -0.457. The largest absolute Gasteiger partial charge is 0.783 e. The number of hydroxylamine groups is 4. The van der Waals surface area contributed by atoms with Crippen molar-refractivity contribution in [2.75, 3.05) is 13.3 Å². The van der Waals surface area contributed by atoms with E-state index in [0.717, 1.165) is 6.34 Å². The highest BCUT2D eigenvalue weighted by Crippen LogP contribution is 1.93. The topological polar surface area (TPSA) is 65.0 Å². The summed E-state index contributed by atoms with van der Waals surface area (Å²) in [6.07, 6.45) is 1.11. The van der Waals surface area contributed by atoms with Gasteiger partial charge in [-0.05, 0) is 0 Å². The van der Waals surface area contributed by atoms with Crippen LogP contribution in [0.25, 0.3) is 0 Å². The molecule has 0 aliphatic carbocycles. The highest BCUT2D eigenvalue weighted by atomic mass is 16.5. The van der Waals surface area contributed by atoms with Crippen LogP contribution in [0.2, 0.25) is 0 Å². The van der Waals surface area contributed by atoms with Crippen molar-refractivity contribution in [3.8, 4) is 0 Å². The summed E-state index contributed by atoms with van der Waals surface area (Å²) in [5.74, 6) is 0. The minimum Gasteiger partial charge on any atom is -0.783 e. The summed E-state index contributed by atoms with van der Waals surface area (Å²) in [7, 11) is 0. The van der Waals surface area contributed by atoms with Crippen LogP contribution < -0.4 is 0 Å². The molecule has 0 radical (unpaired) electrons. The third-order valence-corrected chi connectivity index (χ3v) is 0.747. The van der Waals surface area contributed by atoms with Crippen molar-refractivity contribution >= 4 is 6.34 Å². The Labute approximate surface area is 46.4 Å². The van der Waals surface area contributed by atoms with Crippen LogP contribution in [-0.4, -0.2) is 29.8 Å². The molecule has 46 valence electrons. The number of rotatable bonds is 0. The fourth-order valence-electron chi connectivity index (χ4n) is 0.455. The van der Waals surface area contributed by atoms with Gasteiger partial charge in [-0.25, -0.2) is 0 Å². The van der Waals surface area contributed by atoms with Crippen molar-refractivity contribution in [3.05, 3.63) is 10.4 Å². The first kappa shape index (κ1) is 5.49. The minimum absolute atomic E-state index is 0.0821. The monoisotopic (exact) mass is 115 g/mol. The van der Waals surface area contributed by atoms with E-state index in [1.54, 1.807) is 0 Å². The fourth-order valence-corrected chi connectivity index (χ4v) is 0.455. The van der Waals surface area contributed by atoms with Gasteiger partial charge in [0.1, 0.15) is 0 Å². The van der Waals surface area contributed by atoms with Gasteiger partial charge in [-0.3, -0.25) is 4.99 Å². The summed E-state index contributed by atoms with van der Waals surface area (Å²) >= 11 is 0. The minimum atomic E-state index is -0.122. The molecule has 0 saturated carbocycles. The Morgan fingerprint density at radius 1 is 1.50 bits per heavy atom. The normalized spacial score (nSPS) is 22.0. The lowest BCUT2D eigenvalue weighted by atomic mass is 10.8. The zero-order valence-corrected chi connectivity index (χ0v) is 4.15. The van der Waals surface area contributed by atoms with Crippen molar-refractivity contribution in [2.45, 2.75) is 0 Å². The van der Waals surface area contributed by atoms with Gasteiger partial charge in [-0.15, -0.1) is 0 Å². The summed E-state index contributed by atoms with van der Waals surface area (Å²) in [5, 5.41) is 21.5. The summed E-state index contributed by atoms with van der Waals surface area (Å²) in [4.78, 5) is 3.44. The number of aliphatic imine (C=N–C) groups is 1. The molecule has 1 aliphatic rings. The molecule has 0 amide bonds. The van der Waals surface area contributed by atoms with Crippen LogP contribution in [0, 0.1) is 10.4 Å². The lowest BCUT2D eigenvalue weighted by molar-refractivity contribution is 0.283. The Balaban J connectivity index is 2.42. The molecule has 1 aliphatic heterocycles. The molecule has 1 heterocycles. The summed E-state index contributed by atoms with van der Waals surface area (Å²) in [6.45, 7) is -0.0394. The SMILES string of the molecule is [O-]N1C=NCN([O-])C1. The van der Waals surface area contributed by atoms with Crippen LogP contribution in [0.4, 0.5) is 0 Å². The second-order valence-electron chi connectivity index (χ2n) is 1.48. The van der Waals surface area contributed by atoms with Gasteiger partial charge in [0, 0.05) is 0 Å². The van der Waals surface area contributed by atoms with Crippen LogP contribution in [0.3, 0.4) is 0 Å². The molecule has 0 fully saturated rings. The first-order valence-electron chi connectivity index (χ1n) is 2.15. The molecular weight excluding hydrogens is 110 g/mol. The first-order valence-corrected chi connectivity index (χ1v) is 2.15. The molecule has 0 unspecified atom stereocenters. The molecule has 0 N–H and O–H groups in total. The van der Waals surface area contributed by atoms with Crippen LogP contribution in [-0.2, 0) is 0 Å². The lowest BCUT2D eigenvalue weighted by Gasteiger charge is -2.39. The van der Waals surface area contributed by atoms with E-state index in [2.05, 4.69) is 4.99 Å². The molecule has 1 rings (SSSR count). The predicted molar refractivity (Wildman–Crippen MR) is 28.6 cm³/mol. The standard InChI is InChI=1S/C3H5N3O2/c7-5-1-4-2-6(8)3-5/h1H,2-3H2/q-2. The Bertz CT molecular complexity index is 105. The van der Waals surface area contributed by atoms with Gasteiger partial charge in [-0.1, -0.05) is 0 Å². The van der Waals surface area contributed by atoms with E-state index in [1.165, 1.54) is 0 Å². The molecule has 0 spiro atoms. The molecule has 5 nitrogen and oxygen atoms in total. The Hall–Kier alpha value is -0.650. The van der Waals surface area contributed by atoms with Crippen molar-refractivity contribution in [2.24, 2.45) is 4.99 Å². The number of hydrogen-bond donors (Lipinski definition) is 0. The second kappa shape index (κ2) is 2.08. The molecular formula is C3H5N3O2-2. The summed E-state index contributed by atoms with van der Waals surface area (Å²) in [6, 6.07) is 0. The van der Waals surface area contributed by atoms with Gasteiger partial charge in [0.2, 0.25) is 0 Å². The zero-order chi connectivity index (χ0) is 5.98. The number of hydrogen-bond acceptors (Lipinski definition) is 5. The first-order chi connectivity index (χ1) is 3.79. The van der Waals surface area contributed by atoms with Gasteiger partial charge in [0.15, 0.2) is 0 Å². The Kier molecular flexibility index (Phi) is 1.43. The Morgan fingerprint density at radius 3 is 2.62 bits per heavy atom. The van der Waals surface area contributed by atoms with Crippen LogP contribution in [0.15, 0.2) is 4.99 Å². The second-order valence-corrected chi connectivity index (χ2v) is 1.48. The molecule has 0 saturated heterocycles. The maximum atomic E-state index is 10.2. The van der Waals surface area contributed by atoms with E-state index >= 15 is 0 Å². The van der Waals surface area contributed by atoms with Gasteiger partial charge in [0.05, 0.1) is 19.7 Å². The molecule has 0 aromatic rings. The van der Waals surface area contributed by atoms with Crippen LogP contribution in [0.5, 0.6) is 0 Å². The lowest BCUT2D eigenvalue weighted by Crippen LogP contribution is -2.34. The quantitative estimate of drug-likeness (QED) is 0.428. The van der Waals surface area contributed by atoms with Crippen molar-refractivity contribution in [1.29, 1.82) is 0 Å². The Morgan fingerprint density at radius 2 is 2.25 bits per heavy atom. The maximum absolute atomic E-state index is 10.2. The van der Waals surface area contributed by atoms with E-state index in [-0.39, 0.29) is 13.3 Å². The third-order valence-electron chi connectivity index (χ3n) is 0.747. The molecule has 0 atom stereocenters. The molecule has 8 heavy (non-hydrogen) atoms. The van der Waals surface area contributed by atoms with E-state index in [4.69, 9.17) is 0 Å². The summed E-state index contributed by atoms with van der Waals surface area (Å²) < 4.78 is 0. The smallest absolute Gasteiger partial charge is 0.0826 e. The van der Waals surface area contributed by atoms with Crippen LogP contribution in [0.1, 0.15) is 0 Å². The molecule has 5 heteroatoms. The number of nitrogens with zero attached hydrogens (tertiary/aromatic N) is 3. The van der Waals surface area contributed by atoms with Gasteiger partial charge in [-0.2, -0.15) is 0 Å². The fraction of sp³-hybridized carbons (Fsp3) is 0.667. The average Bonchev–Trinajstić information content (AvgIpc) is 1.64. The van der Waals surface area contributed by atoms with Crippen molar-refractivity contribution in [1.82, 2.24) is 10.1 Å². The van der Waals surface area contributed by atoms with E-state index in [0.29, 0.717) is 10.1 Å². The van der Waals surface area contributed by atoms with E-state index < -0.39 is 0 Å². The highest BCUT2D eigenvalue weighted by Gasteiger charge is 1.92. The van der Waals surface area contributed by atoms with Gasteiger partial charge < -0.3 is 20.5 Å². The average molecular weight is 115 g/mol. The van der Waals surface area contributed by atoms with Gasteiger partial charge in [0.25, 0.3) is 0 Å². The maximum Gasteiger partial charge on any atom is 0.0826 e. The molecule has 0 bridgehead atoms. The summed E-state index contributed by atoms with van der Waals surface area (Å²) in [5.41, 5.74) is 0. The highest BCUT2D eigenvalue weighted by molar-refractivity contribution is 5.55. The zero-order valence-electron chi connectivity index (χ0n) is 4.15. The third kappa shape index (κ3) is 1.16. The molecule has 0 aromatic heterocycles. The van der Waals surface area contributed by atoms with Crippen LogP contribution >= 0.6 is 0 Å². The van der Waals surface area contributed by atoms with E-state index in [9.17, 15) is 10.4 Å². The molecule has 0 aromatic carbocycles. The van der Waals surface area contributed by atoms with Gasteiger partial charge >= 0.3 is 0 Å². The van der Waals surface area contributed by atoms with Crippen molar-refractivity contribution < 1.29 is 0 Å². The van der Waals surface area contributed by atoms with Crippen molar-refractivity contribution in [3.63, 3.8) is 0 Å².